The lowest BCUT2D eigenvalue weighted by Crippen LogP contribution is -2.09. The second-order valence-electron chi connectivity index (χ2n) is 4.25. The Bertz CT molecular complexity index is 348. The van der Waals surface area contributed by atoms with E-state index >= 15 is 0 Å². The Morgan fingerprint density at radius 3 is 2.31 bits per heavy atom. The van der Waals surface area contributed by atoms with Gasteiger partial charge in [-0.3, -0.25) is 4.79 Å². The van der Waals surface area contributed by atoms with Gasteiger partial charge in [0.1, 0.15) is 0 Å². The number of fused-ring (bicyclic) bond motifs is 1. The van der Waals surface area contributed by atoms with E-state index < -0.39 is 0 Å². The number of thioether (sulfide) groups is 1. The molecule has 1 heterocycles. The van der Waals surface area contributed by atoms with Crippen LogP contribution in [0, 0.1) is 0 Å². The normalized spacial score (nSPS) is 18.6. The first-order chi connectivity index (χ1) is 7.88. The molecule has 0 N–H and O–H groups in total. The maximum absolute atomic E-state index is 11.3. The van der Waals surface area contributed by atoms with Gasteiger partial charge < -0.3 is 0 Å². The first kappa shape index (κ1) is 11.7. The third-order valence-corrected chi connectivity index (χ3v) is 4.15. The van der Waals surface area contributed by atoms with Gasteiger partial charge in [-0.05, 0) is 42.8 Å². The number of hydrogen-bond donors (Lipinski definition) is 0. The molecule has 0 aromatic heterocycles. The maximum Gasteiger partial charge on any atom is 0.163 e. The molecule has 1 fully saturated rings. The zero-order valence-corrected chi connectivity index (χ0v) is 10.4. The standard InChI is InChI=1S/C10H10O.C4H8S/c11-10-7-3-5-8-4-1-2-6-9(8)10;1-2-4-5-3-1/h1-2,4,6H,3,5,7H2;1-4H2. The van der Waals surface area contributed by atoms with Crippen molar-refractivity contribution in [3.63, 3.8) is 0 Å². The summed E-state index contributed by atoms with van der Waals surface area (Å²) < 4.78 is 0. The van der Waals surface area contributed by atoms with Gasteiger partial charge in [0.25, 0.3) is 0 Å². The lowest BCUT2D eigenvalue weighted by atomic mass is 9.91. The Labute approximate surface area is 102 Å². The number of carbonyl (C=O) groups is 1. The van der Waals surface area contributed by atoms with Crippen molar-refractivity contribution in [3.8, 4) is 0 Å². The monoisotopic (exact) mass is 234 g/mol. The minimum absolute atomic E-state index is 0.312. The van der Waals surface area contributed by atoms with E-state index in [1.54, 1.807) is 0 Å². The lowest BCUT2D eigenvalue weighted by molar-refractivity contribution is 0.0972. The molecule has 1 aliphatic carbocycles. The van der Waals surface area contributed by atoms with Crippen molar-refractivity contribution in [2.24, 2.45) is 0 Å². The smallest absolute Gasteiger partial charge is 0.163 e. The molecule has 86 valence electrons. The van der Waals surface area contributed by atoms with Crippen LogP contribution in [-0.2, 0) is 6.42 Å². The minimum Gasteiger partial charge on any atom is -0.294 e. The van der Waals surface area contributed by atoms with Crippen LogP contribution in [0.4, 0.5) is 0 Å². The molecule has 0 radical (unpaired) electrons. The third-order valence-electron chi connectivity index (χ3n) is 3.00. The van der Waals surface area contributed by atoms with Gasteiger partial charge in [0, 0.05) is 12.0 Å². The van der Waals surface area contributed by atoms with Gasteiger partial charge in [-0.2, -0.15) is 11.8 Å². The number of aryl methyl sites for hydroxylation is 1. The minimum atomic E-state index is 0.312. The van der Waals surface area contributed by atoms with Crippen LogP contribution in [0.3, 0.4) is 0 Å². The molecule has 1 aromatic rings. The predicted octanol–water partition coefficient (Wildman–Crippen LogP) is 3.72. The zero-order valence-electron chi connectivity index (χ0n) is 9.58. The molecule has 0 bridgehead atoms. The Morgan fingerprint density at radius 2 is 1.69 bits per heavy atom. The van der Waals surface area contributed by atoms with Crippen LogP contribution in [0.25, 0.3) is 0 Å². The zero-order chi connectivity index (χ0) is 11.2. The van der Waals surface area contributed by atoms with Crippen molar-refractivity contribution >= 4 is 17.5 Å². The van der Waals surface area contributed by atoms with Crippen molar-refractivity contribution in [1.82, 2.24) is 0 Å². The molecule has 1 aromatic carbocycles. The number of carbonyl (C=O) groups excluding carboxylic acids is 1. The summed E-state index contributed by atoms with van der Waals surface area (Å²) in [6, 6.07) is 7.91. The van der Waals surface area contributed by atoms with E-state index in [0.717, 1.165) is 24.8 Å². The van der Waals surface area contributed by atoms with Crippen molar-refractivity contribution < 1.29 is 4.79 Å². The number of rotatable bonds is 0. The van der Waals surface area contributed by atoms with Gasteiger partial charge in [0.2, 0.25) is 0 Å². The Hall–Kier alpha value is -0.760. The fraction of sp³-hybridized carbons (Fsp3) is 0.500. The molecule has 1 aliphatic heterocycles. The molecule has 1 nitrogen and oxygen atoms in total. The van der Waals surface area contributed by atoms with Crippen molar-refractivity contribution in [2.45, 2.75) is 32.1 Å². The fourth-order valence-corrected chi connectivity index (χ4v) is 3.12. The quantitative estimate of drug-likeness (QED) is 0.680. The van der Waals surface area contributed by atoms with Gasteiger partial charge in [-0.25, -0.2) is 0 Å². The SMILES string of the molecule is C1CCSC1.O=C1CCCc2ccccc21. The van der Waals surface area contributed by atoms with Crippen molar-refractivity contribution in [3.05, 3.63) is 35.4 Å². The van der Waals surface area contributed by atoms with E-state index in [9.17, 15) is 4.79 Å². The molecule has 2 aliphatic rings. The first-order valence-corrected chi connectivity index (χ1v) is 7.22. The van der Waals surface area contributed by atoms with Crippen molar-refractivity contribution in [2.75, 3.05) is 11.5 Å². The summed E-state index contributed by atoms with van der Waals surface area (Å²) in [6.07, 6.45) is 5.75. The van der Waals surface area contributed by atoms with E-state index in [2.05, 4.69) is 11.8 Å². The summed E-state index contributed by atoms with van der Waals surface area (Å²) in [7, 11) is 0. The van der Waals surface area contributed by atoms with E-state index in [4.69, 9.17) is 0 Å². The van der Waals surface area contributed by atoms with Gasteiger partial charge in [-0.1, -0.05) is 24.3 Å². The number of ketones is 1. The molecule has 2 heteroatoms. The molecule has 0 unspecified atom stereocenters. The van der Waals surface area contributed by atoms with Crippen LogP contribution < -0.4 is 0 Å². The fourth-order valence-electron chi connectivity index (χ4n) is 2.09. The molecule has 0 amide bonds. The lowest BCUT2D eigenvalue weighted by Gasteiger charge is -2.12. The number of hydrogen-bond acceptors (Lipinski definition) is 2. The second-order valence-corrected chi connectivity index (χ2v) is 5.48. The third kappa shape index (κ3) is 3.11. The molecule has 0 spiro atoms. The topological polar surface area (TPSA) is 17.1 Å². The summed E-state index contributed by atoms with van der Waals surface area (Å²) in [5.41, 5.74) is 2.17. The number of benzene rings is 1. The highest BCUT2D eigenvalue weighted by Crippen LogP contribution is 2.20. The van der Waals surface area contributed by atoms with Gasteiger partial charge >= 0.3 is 0 Å². The van der Waals surface area contributed by atoms with Crippen LogP contribution in [0.2, 0.25) is 0 Å². The van der Waals surface area contributed by atoms with E-state index in [-0.39, 0.29) is 0 Å². The molecule has 1 saturated heterocycles. The molecule has 3 rings (SSSR count). The van der Waals surface area contributed by atoms with E-state index in [1.165, 1.54) is 29.9 Å². The highest BCUT2D eigenvalue weighted by molar-refractivity contribution is 7.99. The van der Waals surface area contributed by atoms with Crippen LogP contribution in [0.15, 0.2) is 24.3 Å². The Kier molecular flexibility index (Phi) is 4.46. The Balaban J connectivity index is 0.000000162. The molecule has 0 atom stereocenters. The molecule has 0 saturated carbocycles. The second kappa shape index (κ2) is 6.09. The summed E-state index contributed by atoms with van der Waals surface area (Å²) in [5, 5.41) is 0. The van der Waals surface area contributed by atoms with Gasteiger partial charge in [0.05, 0.1) is 0 Å². The highest BCUT2D eigenvalue weighted by atomic mass is 32.2. The molecular formula is C14H18OS. The van der Waals surface area contributed by atoms with Crippen LogP contribution in [-0.4, -0.2) is 17.3 Å². The largest absolute Gasteiger partial charge is 0.294 e. The van der Waals surface area contributed by atoms with Crippen LogP contribution >= 0.6 is 11.8 Å². The van der Waals surface area contributed by atoms with Gasteiger partial charge in [-0.15, -0.1) is 0 Å². The summed E-state index contributed by atoms with van der Waals surface area (Å²) in [4.78, 5) is 11.3. The average Bonchev–Trinajstić information content (AvgIpc) is 2.88. The Morgan fingerprint density at radius 1 is 0.938 bits per heavy atom. The number of Topliss-reactive ketones (excluding diaryl/α,β-unsaturated/α-hetero) is 1. The average molecular weight is 234 g/mol. The van der Waals surface area contributed by atoms with Crippen LogP contribution in [0.1, 0.15) is 41.6 Å². The predicted molar refractivity (Wildman–Crippen MR) is 70.3 cm³/mol. The van der Waals surface area contributed by atoms with Crippen LogP contribution in [0.5, 0.6) is 0 Å². The summed E-state index contributed by atoms with van der Waals surface area (Å²) in [5.74, 6) is 3.15. The summed E-state index contributed by atoms with van der Waals surface area (Å²) >= 11 is 2.07. The first-order valence-electron chi connectivity index (χ1n) is 6.07. The molecular weight excluding hydrogens is 216 g/mol. The highest BCUT2D eigenvalue weighted by Gasteiger charge is 2.14. The van der Waals surface area contributed by atoms with E-state index in [0.29, 0.717) is 5.78 Å². The maximum atomic E-state index is 11.3. The van der Waals surface area contributed by atoms with E-state index in [1.807, 2.05) is 24.3 Å². The van der Waals surface area contributed by atoms with Gasteiger partial charge in [0.15, 0.2) is 5.78 Å². The molecule has 16 heavy (non-hydrogen) atoms. The van der Waals surface area contributed by atoms with Crippen molar-refractivity contribution in [1.29, 1.82) is 0 Å². The summed E-state index contributed by atoms with van der Waals surface area (Å²) in [6.45, 7) is 0.